The van der Waals surface area contributed by atoms with E-state index in [0.29, 0.717) is 22.6 Å². The summed E-state index contributed by atoms with van der Waals surface area (Å²) in [6, 6.07) is 9.45. The van der Waals surface area contributed by atoms with E-state index in [2.05, 4.69) is 0 Å². The Morgan fingerprint density at radius 3 is 2.18 bits per heavy atom. The fraction of sp³-hybridized carbons (Fsp3) is 0.222. The summed E-state index contributed by atoms with van der Waals surface area (Å²) in [7, 11) is 4.83. The Bertz CT molecular complexity index is 868. The minimum atomic E-state index is 0.172. The highest BCUT2D eigenvalue weighted by atomic mass is 16.5. The zero-order valence-electron chi connectivity index (χ0n) is 13.1. The van der Waals surface area contributed by atoms with Crippen LogP contribution in [-0.4, -0.2) is 26.4 Å². The van der Waals surface area contributed by atoms with Gasteiger partial charge in [-0.3, -0.25) is 0 Å². The molecule has 0 amide bonds. The van der Waals surface area contributed by atoms with Gasteiger partial charge in [0.25, 0.3) is 0 Å². The molecule has 0 bridgehead atoms. The molecular weight excluding hydrogens is 280 g/mol. The Morgan fingerprint density at radius 2 is 1.55 bits per heavy atom. The van der Waals surface area contributed by atoms with Crippen molar-refractivity contribution >= 4 is 21.5 Å². The number of hydrogen-bond donors (Lipinski definition) is 1. The van der Waals surface area contributed by atoms with Gasteiger partial charge in [-0.1, -0.05) is 12.1 Å². The first kappa shape index (κ1) is 14.3. The van der Waals surface area contributed by atoms with E-state index in [9.17, 15) is 5.11 Å². The lowest BCUT2D eigenvalue weighted by Gasteiger charge is -2.16. The Morgan fingerprint density at radius 1 is 0.818 bits per heavy atom. The van der Waals surface area contributed by atoms with E-state index in [0.717, 1.165) is 21.7 Å². The third kappa shape index (κ3) is 1.91. The predicted molar refractivity (Wildman–Crippen MR) is 87.5 cm³/mol. The molecule has 0 unspecified atom stereocenters. The van der Waals surface area contributed by atoms with Crippen LogP contribution in [0.25, 0.3) is 21.5 Å². The molecule has 22 heavy (non-hydrogen) atoms. The number of aryl methyl sites for hydroxylation is 1. The second-order valence-corrected chi connectivity index (χ2v) is 5.13. The first-order valence-electron chi connectivity index (χ1n) is 6.96. The second kappa shape index (κ2) is 5.30. The zero-order valence-corrected chi connectivity index (χ0v) is 13.1. The molecule has 0 spiro atoms. The molecule has 3 aromatic rings. The Balaban J connectivity index is 2.58. The largest absolute Gasteiger partial charge is 0.507 e. The van der Waals surface area contributed by atoms with Crippen molar-refractivity contribution < 1.29 is 19.3 Å². The van der Waals surface area contributed by atoms with Gasteiger partial charge in [-0.25, -0.2) is 0 Å². The topological polar surface area (TPSA) is 47.9 Å². The van der Waals surface area contributed by atoms with Crippen molar-refractivity contribution in [3.8, 4) is 23.0 Å². The second-order valence-electron chi connectivity index (χ2n) is 5.13. The summed E-state index contributed by atoms with van der Waals surface area (Å²) >= 11 is 0. The molecule has 0 saturated heterocycles. The smallest absolute Gasteiger partial charge is 0.135 e. The molecule has 0 aliphatic heterocycles. The fourth-order valence-corrected chi connectivity index (χ4v) is 2.95. The molecule has 3 rings (SSSR count). The van der Waals surface area contributed by atoms with E-state index in [-0.39, 0.29) is 5.75 Å². The van der Waals surface area contributed by atoms with E-state index < -0.39 is 0 Å². The van der Waals surface area contributed by atoms with Gasteiger partial charge in [0.2, 0.25) is 0 Å². The number of aromatic hydroxyl groups is 1. The Labute approximate surface area is 128 Å². The molecule has 0 aromatic heterocycles. The van der Waals surface area contributed by atoms with Crippen LogP contribution >= 0.6 is 0 Å². The van der Waals surface area contributed by atoms with Gasteiger partial charge in [-0.2, -0.15) is 0 Å². The zero-order chi connectivity index (χ0) is 15.9. The third-order valence-corrected chi connectivity index (χ3v) is 3.96. The van der Waals surface area contributed by atoms with Crippen molar-refractivity contribution in [3.05, 3.63) is 35.9 Å². The highest BCUT2D eigenvalue weighted by Gasteiger charge is 2.18. The lowest BCUT2D eigenvalue weighted by atomic mass is 9.98. The molecular formula is C18H18O4. The van der Waals surface area contributed by atoms with Crippen molar-refractivity contribution in [2.45, 2.75) is 6.92 Å². The summed E-state index contributed by atoms with van der Waals surface area (Å²) in [6.07, 6.45) is 0. The van der Waals surface area contributed by atoms with Crippen LogP contribution in [0.3, 0.4) is 0 Å². The van der Waals surface area contributed by atoms with Gasteiger partial charge in [0.05, 0.1) is 26.7 Å². The van der Waals surface area contributed by atoms with Crippen molar-refractivity contribution in [3.63, 3.8) is 0 Å². The molecule has 3 aromatic carbocycles. The number of rotatable bonds is 3. The lowest BCUT2D eigenvalue weighted by Crippen LogP contribution is -1.94. The SMILES string of the molecule is COc1cccc2c(O)c3c(OC)c(C)cc(OC)c3cc12. The molecule has 0 radical (unpaired) electrons. The number of phenols is 1. The molecule has 0 saturated carbocycles. The maximum atomic E-state index is 10.8. The summed E-state index contributed by atoms with van der Waals surface area (Å²) in [4.78, 5) is 0. The standard InChI is InChI=1S/C18H18O4/c1-10-8-15(21-3)13-9-12-11(6-5-7-14(12)20-2)17(19)16(13)18(10)22-4/h5-9,19H,1-4H3. The molecule has 4 heteroatoms. The number of fused-ring (bicyclic) bond motifs is 2. The average Bonchev–Trinajstić information content (AvgIpc) is 2.54. The van der Waals surface area contributed by atoms with Crippen LogP contribution in [0.1, 0.15) is 5.56 Å². The van der Waals surface area contributed by atoms with Crippen molar-refractivity contribution in [2.24, 2.45) is 0 Å². The number of methoxy groups -OCH3 is 3. The maximum absolute atomic E-state index is 10.8. The van der Waals surface area contributed by atoms with E-state index in [1.54, 1.807) is 21.3 Å². The van der Waals surface area contributed by atoms with Gasteiger partial charge in [0.15, 0.2) is 0 Å². The van der Waals surface area contributed by atoms with Crippen molar-refractivity contribution in [1.29, 1.82) is 0 Å². The van der Waals surface area contributed by atoms with E-state index in [1.165, 1.54) is 0 Å². The van der Waals surface area contributed by atoms with E-state index in [4.69, 9.17) is 14.2 Å². The number of ether oxygens (including phenoxy) is 3. The summed E-state index contributed by atoms with van der Waals surface area (Å²) < 4.78 is 16.4. The summed E-state index contributed by atoms with van der Waals surface area (Å²) in [5.41, 5.74) is 0.907. The first-order valence-corrected chi connectivity index (χ1v) is 6.96. The van der Waals surface area contributed by atoms with Crippen LogP contribution in [0.4, 0.5) is 0 Å². The number of benzene rings is 3. The minimum Gasteiger partial charge on any atom is -0.507 e. The van der Waals surface area contributed by atoms with Gasteiger partial charge in [-0.15, -0.1) is 0 Å². The van der Waals surface area contributed by atoms with Gasteiger partial charge in [-0.05, 0) is 30.7 Å². The maximum Gasteiger partial charge on any atom is 0.135 e. The molecule has 0 atom stereocenters. The molecule has 0 heterocycles. The number of hydrogen-bond acceptors (Lipinski definition) is 4. The van der Waals surface area contributed by atoms with E-state index >= 15 is 0 Å². The summed E-state index contributed by atoms with van der Waals surface area (Å²) in [5, 5.41) is 13.8. The van der Waals surface area contributed by atoms with E-state index in [1.807, 2.05) is 37.3 Å². The quantitative estimate of drug-likeness (QED) is 0.742. The van der Waals surface area contributed by atoms with Crippen molar-refractivity contribution in [1.82, 2.24) is 0 Å². The van der Waals surface area contributed by atoms with Crippen LogP contribution in [0.2, 0.25) is 0 Å². The summed E-state index contributed by atoms with van der Waals surface area (Å²) in [6.45, 7) is 1.93. The van der Waals surface area contributed by atoms with Crippen LogP contribution in [0, 0.1) is 6.92 Å². The van der Waals surface area contributed by atoms with Gasteiger partial charge < -0.3 is 19.3 Å². The van der Waals surface area contributed by atoms with Crippen LogP contribution in [0.15, 0.2) is 30.3 Å². The molecule has 4 nitrogen and oxygen atoms in total. The third-order valence-electron chi connectivity index (χ3n) is 3.96. The highest BCUT2D eigenvalue weighted by molar-refractivity contribution is 6.11. The predicted octanol–water partition coefficient (Wildman–Crippen LogP) is 4.03. The molecule has 114 valence electrons. The fourth-order valence-electron chi connectivity index (χ4n) is 2.95. The molecule has 0 fully saturated rings. The van der Waals surface area contributed by atoms with Gasteiger partial charge in [0.1, 0.15) is 23.0 Å². The van der Waals surface area contributed by atoms with Gasteiger partial charge in [0, 0.05) is 16.2 Å². The highest BCUT2D eigenvalue weighted by Crippen LogP contribution is 2.46. The van der Waals surface area contributed by atoms with Crippen LogP contribution in [-0.2, 0) is 0 Å². The Kier molecular flexibility index (Phi) is 3.45. The normalized spacial score (nSPS) is 10.9. The monoisotopic (exact) mass is 298 g/mol. The number of phenolic OH excluding ortho intramolecular Hbond substituents is 1. The minimum absolute atomic E-state index is 0.172. The average molecular weight is 298 g/mol. The molecule has 0 aliphatic carbocycles. The van der Waals surface area contributed by atoms with Crippen LogP contribution in [0.5, 0.6) is 23.0 Å². The lowest BCUT2D eigenvalue weighted by molar-refractivity contribution is 0.405. The Hall–Kier alpha value is -2.62. The van der Waals surface area contributed by atoms with Gasteiger partial charge >= 0.3 is 0 Å². The summed E-state index contributed by atoms with van der Waals surface area (Å²) in [5.74, 6) is 2.22. The molecule has 1 N–H and O–H groups in total. The molecule has 0 aliphatic rings. The first-order chi connectivity index (χ1) is 10.6. The van der Waals surface area contributed by atoms with Crippen LogP contribution < -0.4 is 14.2 Å². The van der Waals surface area contributed by atoms with Crippen molar-refractivity contribution in [2.75, 3.05) is 21.3 Å².